The summed E-state index contributed by atoms with van der Waals surface area (Å²) in [5.41, 5.74) is 3.76. The largest absolute Gasteiger partial charge is 0.388 e. The molecule has 0 bridgehead atoms. The molecule has 0 N–H and O–H groups in total. The Balaban J connectivity index is 2.33. The molecule has 90 valence electrons. The summed E-state index contributed by atoms with van der Waals surface area (Å²) in [5, 5.41) is 8.45. The quantitative estimate of drug-likeness (QED) is 0.748. The van der Waals surface area contributed by atoms with Crippen LogP contribution in [0.25, 0.3) is 11.1 Å². The number of nitriles is 1. The minimum atomic E-state index is 0.578. The Kier molecular flexibility index (Phi) is 3.98. The Labute approximate surface area is 107 Å². The first kappa shape index (κ1) is 12.2. The van der Waals surface area contributed by atoms with Gasteiger partial charge < -0.3 is 4.74 Å². The summed E-state index contributed by atoms with van der Waals surface area (Å²) < 4.78 is 4.78. The average molecular weight is 237 g/mol. The number of ether oxygens (including phenoxy) is 1. The van der Waals surface area contributed by atoms with Crippen LogP contribution in [-0.2, 0) is 6.42 Å². The monoisotopic (exact) mass is 237 g/mol. The van der Waals surface area contributed by atoms with E-state index in [-0.39, 0.29) is 0 Å². The molecule has 0 aliphatic carbocycles. The minimum absolute atomic E-state index is 0.578. The van der Waals surface area contributed by atoms with Crippen LogP contribution in [0, 0.1) is 11.5 Å². The van der Waals surface area contributed by atoms with Crippen LogP contribution in [0.4, 0.5) is 0 Å². The number of benzene rings is 2. The number of hydrogen-bond acceptors (Lipinski definition) is 2. The molecular formula is C16H15NO. The molecule has 0 aliphatic rings. The van der Waals surface area contributed by atoms with Crippen molar-refractivity contribution >= 4 is 0 Å². The van der Waals surface area contributed by atoms with Crippen molar-refractivity contribution in [2.24, 2.45) is 0 Å². The fraction of sp³-hybridized carbons (Fsp3) is 0.188. The molecule has 2 aromatic carbocycles. The highest BCUT2D eigenvalue weighted by molar-refractivity contribution is 5.68. The third-order valence-electron chi connectivity index (χ3n) is 2.87. The number of hydrogen-bond donors (Lipinski definition) is 0. The highest BCUT2D eigenvalue weighted by Gasteiger charge is 2.04. The van der Waals surface area contributed by atoms with Crippen LogP contribution in [0.2, 0.25) is 0 Å². The van der Waals surface area contributed by atoms with Gasteiger partial charge in [0.15, 0.2) is 0 Å². The number of nitrogens with zero attached hydrogens (tertiary/aromatic N) is 1. The number of aryl methyl sites for hydroxylation is 1. The summed E-state index contributed by atoms with van der Waals surface area (Å²) in [6.07, 6.45) is 3.88. The van der Waals surface area contributed by atoms with Crippen molar-refractivity contribution in [3.05, 3.63) is 54.1 Å². The lowest BCUT2D eigenvalue weighted by Gasteiger charge is -2.09. The normalized spacial score (nSPS) is 9.78. The molecule has 0 aliphatic heterocycles. The highest BCUT2D eigenvalue weighted by Crippen LogP contribution is 2.26. The fourth-order valence-corrected chi connectivity index (χ4v) is 2.04. The smallest absolute Gasteiger partial charge is 0.292 e. The van der Waals surface area contributed by atoms with E-state index < -0.39 is 0 Å². The van der Waals surface area contributed by atoms with Gasteiger partial charge in [-0.15, -0.1) is 5.26 Å². The summed E-state index contributed by atoms with van der Waals surface area (Å²) in [5.74, 6) is 0.578. The lowest BCUT2D eigenvalue weighted by atomic mass is 9.97. The van der Waals surface area contributed by atoms with Gasteiger partial charge in [0.2, 0.25) is 0 Å². The second kappa shape index (κ2) is 5.88. The molecule has 0 saturated heterocycles. The Morgan fingerprint density at radius 2 is 1.78 bits per heavy atom. The van der Waals surface area contributed by atoms with E-state index in [1.807, 2.05) is 30.3 Å². The van der Waals surface area contributed by atoms with E-state index in [0.29, 0.717) is 5.75 Å². The Hall–Kier alpha value is -2.27. The summed E-state index contributed by atoms with van der Waals surface area (Å²) in [6.45, 7) is 2.18. The van der Waals surface area contributed by atoms with E-state index in [4.69, 9.17) is 10.00 Å². The molecule has 2 heteroatoms. The van der Waals surface area contributed by atoms with Crippen molar-refractivity contribution in [2.45, 2.75) is 19.8 Å². The van der Waals surface area contributed by atoms with Crippen molar-refractivity contribution in [2.75, 3.05) is 0 Å². The summed E-state index contributed by atoms with van der Waals surface area (Å²) in [6, 6.07) is 16.0. The van der Waals surface area contributed by atoms with Gasteiger partial charge in [0.05, 0.1) is 0 Å². The molecule has 0 atom stereocenters. The van der Waals surface area contributed by atoms with E-state index in [9.17, 15) is 0 Å². The molecule has 0 amide bonds. The predicted molar refractivity (Wildman–Crippen MR) is 72.1 cm³/mol. The van der Waals surface area contributed by atoms with Gasteiger partial charge in [-0.25, -0.2) is 0 Å². The van der Waals surface area contributed by atoms with Gasteiger partial charge in [0.25, 0.3) is 6.26 Å². The Morgan fingerprint density at radius 3 is 2.44 bits per heavy atom. The van der Waals surface area contributed by atoms with Gasteiger partial charge in [0, 0.05) is 0 Å². The third-order valence-corrected chi connectivity index (χ3v) is 2.87. The zero-order valence-corrected chi connectivity index (χ0v) is 10.4. The van der Waals surface area contributed by atoms with Gasteiger partial charge in [0.1, 0.15) is 5.75 Å². The molecule has 2 nitrogen and oxygen atoms in total. The lowest BCUT2D eigenvalue weighted by Crippen LogP contribution is -1.89. The maximum Gasteiger partial charge on any atom is 0.292 e. The Morgan fingerprint density at radius 1 is 1.06 bits per heavy atom. The maximum absolute atomic E-state index is 8.45. The zero-order valence-electron chi connectivity index (χ0n) is 10.4. The van der Waals surface area contributed by atoms with Crippen molar-refractivity contribution in [1.82, 2.24) is 0 Å². The zero-order chi connectivity index (χ0) is 12.8. The molecule has 2 rings (SSSR count). The SMILES string of the molecule is CCCc1ccccc1-c1ccc(OC#N)cc1. The second-order valence-electron chi connectivity index (χ2n) is 4.12. The van der Waals surface area contributed by atoms with E-state index in [2.05, 4.69) is 25.1 Å². The molecule has 0 saturated carbocycles. The minimum Gasteiger partial charge on any atom is -0.388 e. The van der Waals surface area contributed by atoms with Crippen LogP contribution in [0.3, 0.4) is 0 Å². The van der Waals surface area contributed by atoms with Crippen molar-refractivity contribution in [1.29, 1.82) is 5.26 Å². The van der Waals surface area contributed by atoms with Crippen molar-refractivity contribution < 1.29 is 4.74 Å². The van der Waals surface area contributed by atoms with Crippen LogP contribution < -0.4 is 4.74 Å². The molecule has 0 spiro atoms. The molecule has 0 unspecified atom stereocenters. The first-order valence-electron chi connectivity index (χ1n) is 6.09. The van der Waals surface area contributed by atoms with Crippen molar-refractivity contribution in [3.63, 3.8) is 0 Å². The van der Waals surface area contributed by atoms with E-state index in [1.165, 1.54) is 11.1 Å². The van der Waals surface area contributed by atoms with E-state index in [0.717, 1.165) is 18.4 Å². The molecule has 2 aromatic rings. The van der Waals surface area contributed by atoms with Crippen LogP contribution >= 0.6 is 0 Å². The van der Waals surface area contributed by atoms with Gasteiger partial charge in [-0.2, -0.15) is 0 Å². The van der Waals surface area contributed by atoms with E-state index in [1.54, 1.807) is 6.26 Å². The Bertz CT molecular complexity index is 552. The van der Waals surface area contributed by atoms with Crippen LogP contribution in [-0.4, -0.2) is 0 Å². The molecule has 18 heavy (non-hydrogen) atoms. The lowest BCUT2D eigenvalue weighted by molar-refractivity contribution is 0.507. The molecule has 0 heterocycles. The van der Waals surface area contributed by atoms with Gasteiger partial charge in [-0.3, -0.25) is 0 Å². The molecule has 0 aromatic heterocycles. The fourth-order valence-electron chi connectivity index (χ4n) is 2.04. The van der Waals surface area contributed by atoms with Crippen LogP contribution in [0.1, 0.15) is 18.9 Å². The first-order chi connectivity index (χ1) is 8.85. The van der Waals surface area contributed by atoms with Crippen LogP contribution in [0.15, 0.2) is 48.5 Å². The highest BCUT2D eigenvalue weighted by atomic mass is 16.5. The molecule has 0 fully saturated rings. The molecular weight excluding hydrogens is 222 g/mol. The van der Waals surface area contributed by atoms with Gasteiger partial charge in [-0.05, 0) is 35.2 Å². The third kappa shape index (κ3) is 2.70. The van der Waals surface area contributed by atoms with Gasteiger partial charge >= 0.3 is 0 Å². The topological polar surface area (TPSA) is 33.0 Å². The predicted octanol–water partition coefficient (Wildman–Crippen LogP) is 4.17. The van der Waals surface area contributed by atoms with Crippen molar-refractivity contribution in [3.8, 4) is 23.1 Å². The second-order valence-corrected chi connectivity index (χ2v) is 4.12. The summed E-state index contributed by atoms with van der Waals surface area (Å²) in [4.78, 5) is 0. The summed E-state index contributed by atoms with van der Waals surface area (Å²) in [7, 11) is 0. The standard InChI is InChI=1S/C16H15NO/c1-2-5-13-6-3-4-7-16(13)14-8-10-15(11-9-14)18-12-17/h3-4,6-11H,2,5H2,1H3. The summed E-state index contributed by atoms with van der Waals surface area (Å²) >= 11 is 0. The van der Waals surface area contributed by atoms with Crippen LogP contribution in [0.5, 0.6) is 5.75 Å². The van der Waals surface area contributed by atoms with Gasteiger partial charge in [-0.1, -0.05) is 49.7 Å². The molecule has 0 radical (unpaired) electrons. The van der Waals surface area contributed by atoms with E-state index >= 15 is 0 Å². The first-order valence-corrected chi connectivity index (χ1v) is 6.09. The average Bonchev–Trinajstić information content (AvgIpc) is 2.41. The maximum atomic E-state index is 8.45. The number of rotatable bonds is 4.